The Hall–Kier alpha value is -2.80. The Labute approximate surface area is 189 Å². The summed E-state index contributed by atoms with van der Waals surface area (Å²) in [7, 11) is 3.06. The van der Waals surface area contributed by atoms with Crippen molar-refractivity contribution in [3.05, 3.63) is 63.6 Å². The van der Waals surface area contributed by atoms with Gasteiger partial charge >= 0.3 is 0 Å². The summed E-state index contributed by atoms with van der Waals surface area (Å²) in [6.07, 6.45) is 3.66. The Bertz CT molecular complexity index is 1040. The fourth-order valence-corrected chi connectivity index (χ4v) is 4.87. The highest BCUT2D eigenvalue weighted by Crippen LogP contribution is 2.47. The molecular formula is C24H24BrNO5. The molecule has 31 heavy (non-hydrogen) atoms. The number of amides is 1. The van der Waals surface area contributed by atoms with Gasteiger partial charge in [-0.25, -0.2) is 0 Å². The molecule has 2 aliphatic rings. The van der Waals surface area contributed by atoms with E-state index >= 15 is 0 Å². The summed E-state index contributed by atoms with van der Waals surface area (Å²) in [6, 6.07) is 11.5. The zero-order valence-electron chi connectivity index (χ0n) is 17.4. The number of para-hydroxylation sites is 1. The highest BCUT2D eigenvalue weighted by atomic mass is 79.9. The van der Waals surface area contributed by atoms with Gasteiger partial charge in [-0.1, -0.05) is 53.0 Å². The summed E-state index contributed by atoms with van der Waals surface area (Å²) >= 11 is 3.38. The fraction of sp³-hybridized carbons (Fsp3) is 0.333. The van der Waals surface area contributed by atoms with E-state index in [2.05, 4.69) is 15.9 Å². The third-order valence-electron chi connectivity index (χ3n) is 6.04. The second-order valence-corrected chi connectivity index (χ2v) is 8.65. The molecule has 7 heteroatoms. The van der Waals surface area contributed by atoms with Crippen LogP contribution in [0.1, 0.15) is 42.9 Å². The molecule has 0 spiro atoms. The summed E-state index contributed by atoms with van der Waals surface area (Å²) in [4.78, 5) is 28.0. The van der Waals surface area contributed by atoms with Crippen molar-refractivity contribution >= 4 is 33.4 Å². The second kappa shape index (κ2) is 8.75. The van der Waals surface area contributed by atoms with Crippen LogP contribution in [0.4, 0.5) is 0 Å². The lowest BCUT2D eigenvalue weighted by Crippen LogP contribution is -2.37. The fourth-order valence-electron chi connectivity index (χ4n) is 4.61. The molecule has 2 fully saturated rings. The van der Waals surface area contributed by atoms with E-state index in [0.717, 1.165) is 30.2 Å². The number of halogens is 1. The van der Waals surface area contributed by atoms with Gasteiger partial charge in [-0.3, -0.25) is 9.59 Å². The van der Waals surface area contributed by atoms with Crippen LogP contribution in [-0.4, -0.2) is 42.0 Å². The number of hydrogen-bond donors (Lipinski definition) is 1. The van der Waals surface area contributed by atoms with Crippen molar-refractivity contribution in [2.75, 3.05) is 14.2 Å². The number of ether oxygens (including phenoxy) is 2. The SMILES string of the molecule is COc1cccc(C2/C(=C(/O)c3ccc(Br)cc3)C(=O)C(=O)N2C2CCCC2)c1OC. The van der Waals surface area contributed by atoms with E-state index in [0.29, 0.717) is 22.6 Å². The first kappa shape index (κ1) is 21.4. The number of nitrogens with zero attached hydrogens (tertiary/aromatic N) is 1. The summed E-state index contributed by atoms with van der Waals surface area (Å²) in [5.41, 5.74) is 1.16. The van der Waals surface area contributed by atoms with Gasteiger partial charge in [-0.05, 0) is 31.0 Å². The number of hydrogen-bond acceptors (Lipinski definition) is 5. The number of carbonyl (C=O) groups excluding carboxylic acids is 2. The smallest absolute Gasteiger partial charge is 0.295 e. The summed E-state index contributed by atoms with van der Waals surface area (Å²) in [5, 5.41) is 11.2. The number of aliphatic hydroxyl groups is 1. The van der Waals surface area contributed by atoms with E-state index in [4.69, 9.17) is 9.47 Å². The Morgan fingerprint density at radius 3 is 2.32 bits per heavy atom. The average Bonchev–Trinajstić information content (AvgIpc) is 3.40. The van der Waals surface area contributed by atoms with Crippen LogP contribution >= 0.6 is 15.9 Å². The summed E-state index contributed by atoms with van der Waals surface area (Å²) in [6.45, 7) is 0. The molecule has 1 saturated heterocycles. The summed E-state index contributed by atoms with van der Waals surface area (Å²) < 4.78 is 11.9. The van der Waals surface area contributed by atoms with E-state index in [1.807, 2.05) is 6.07 Å². The molecule has 2 aromatic carbocycles. The molecule has 1 unspecified atom stereocenters. The first-order chi connectivity index (χ1) is 15.0. The minimum absolute atomic E-state index is 0.0624. The van der Waals surface area contributed by atoms with Crippen LogP contribution in [0.2, 0.25) is 0 Å². The predicted molar refractivity (Wildman–Crippen MR) is 120 cm³/mol. The van der Waals surface area contributed by atoms with E-state index in [1.165, 1.54) is 14.2 Å². The molecular weight excluding hydrogens is 462 g/mol. The van der Waals surface area contributed by atoms with Gasteiger partial charge in [0.2, 0.25) is 0 Å². The van der Waals surface area contributed by atoms with Crippen molar-refractivity contribution in [2.24, 2.45) is 0 Å². The van der Waals surface area contributed by atoms with Crippen molar-refractivity contribution in [1.29, 1.82) is 0 Å². The van der Waals surface area contributed by atoms with E-state index in [9.17, 15) is 14.7 Å². The molecule has 1 aliphatic heterocycles. The normalized spacial score (nSPS) is 21.0. The van der Waals surface area contributed by atoms with Gasteiger partial charge in [-0.2, -0.15) is 0 Å². The Balaban J connectivity index is 1.95. The first-order valence-corrected chi connectivity index (χ1v) is 11.0. The molecule has 1 amide bonds. The van der Waals surface area contributed by atoms with Crippen LogP contribution in [-0.2, 0) is 9.59 Å². The van der Waals surface area contributed by atoms with Crippen molar-refractivity contribution in [3.8, 4) is 11.5 Å². The zero-order chi connectivity index (χ0) is 22.1. The molecule has 2 aromatic rings. The number of aliphatic hydroxyl groups excluding tert-OH is 1. The highest BCUT2D eigenvalue weighted by Gasteiger charge is 2.50. The molecule has 0 radical (unpaired) electrons. The van der Waals surface area contributed by atoms with Crippen molar-refractivity contribution in [3.63, 3.8) is 0 Å². The molecule has 1 aliphatic carbocycles. The molecule has 1 atom stereocenters. The van der Waals surface area contributed by atoms with Crippen LogP contribution in [0.15, 0.2) is 52.5 Å². The minimum Gasteiger partial charge on any atom is -0.507 e. The van der Waals surface area contributed by atoms with Crippen LogP contribution < -0.4 is 9.47 Å². The standard InChI is InChI=1S/C24H24BrNO5/c1-30-18-9-5-8-17(23(18)31-2)20-19(21(27)14-10-12-15(25)13-11-14)22(28)24(29)26(20)16-6-3-4-7-16/h5,8-13,16,20,27H,3-4,6-7H2,1-2H3/b21-19-. The number of ketones is 1. The lowest BCUT2D eigenvalue weighted by atomic mass is 9.93. The van der Waals surface area contributed by atoms with Gasteiger partial charge in [0.05, 0.1) is 25.8 Å². The van der Waals surface area contributed by atoms with Gasteiger partial charge in [0, 0.05) is 21.6 Å². The quantitative estimate of drug-likeness (QED) is 0.372. The predicted octanol–water partition coefficient (Wildman–Crippen LogP) is 4.83. The first-order valence-electron chi connectivity index (χ1n) is 10.2. The Morgan fingerprint density at radius 1 is 1.03 bits per heavy atom. The van der Waals surface area contributed by atoms with Gasteiger partial charge in [-0.15, -0.1) is 0 Å². The van der Waals surface area contributed by atoms with Gasteiger partial charge in [0.25, 0.3) is 11.7 Å². The average molecular weight is 486 g/mol. The van der Waals surface area contributed by atoms with Crippen LogP contribution in [0.25, 0.3) is 5.76 Å². The van der Waals surface area contributed by atoms with E-state index in [1.54, 1.807) is 41.3 Å². The molecule has 162 valence electrons. The third-order valence-corrected chi connectivity index (χ3v) is 6.57. The maximum atomic E-state index is 13.2. The lowest BCUT2D eigenvalue weighted by molar-refractivity contribution is -0.141. The number of methoxy groups -OCH3 is 2. The van der Waals surface area contributed by atoms with Crippen LogP contribution in [0.3, 0.4) is 0 Å². The zero-order valence-corrected chi connectivity index (χ0v) is 19.0. The number of likely N-dealkylation sites (tertiary alicyclic amines) is 1. The van der Waals surface area contributed by atoms with Crippen LogP contribution in [0, 0.1) is 0 Å². The maximum Gasteiger partial charge on any atom is 0.295 e. The molecule has 1 saturated carbocycles. The highest BCUT2D eigenvalue weighted by molar-refractivity contribution is 9.10. The maximum absolute atomic E-state index is 13.2. The minimum atomic E-state index is -0.753. The Kier molecular flexibility index (Phi) is 6.05. The lowest BCUT2D eigenvalue weighted by Gasteiger charge is -2.31. The summed E-state index contributed by atoms with van der Waals surface area (Å²) in [5.74, 6) is -0.508. The molecule has 0 bridgehead atoms. The molecule has 1 heterocycles. The van der Waals surface area contributed by atoms with Crippen molar-refractivity contribution in [1.82, 2.24) is 4.90 Å². The molecule has 1 N–H and O–H groups in total. The molecule has 6 nitrogen and oxygen atoms in total. The van der Waals surface area contributed by atoms with E-state index in [-0.39, 0.29) is 17.4 Å². The van der Waals surface area contributed by atoms with Crippen molar-refractivity contribution in [2.45, 2.75) is 37.8 Å². The molecule has 0 aromatic heterocycles. The molecule has 4 rings (SSSR count). The van der Waals surface area contributed by atoms with Gasteiger partial charge < -0.3 is 19.5 Å². The van der Waals surface area contributed by atoms with E-state index < -0.39 is 17.7 Å². The number of benzene rings is 2. The van der Waals surface area contributed by atoms with Crippen LogP contribution in [0.5, 0.6) is 11.5 Å². The largest absolute Gasteiger partial charge is 0.507 e. The van der Waals surface area contributed by atoms with Gasteiger partial charge in [0.15, 0.2) is 11.5 Å². The Morgan fingerprint density at radius 2 is 1.71 bits per heavy atom. The third kappa shape index (κ3) is 3.71. The monoisotopic (exact) mass is 485 g/mol. The number of Topliss-reactive ketones (excluding diaryl/α,β-unsaturated/α-hetero) is 1. The second-order valence-electron chi connectivity index (χ2n) is 7.73. The number of carbonyl (C=O) groups is 2. The van der Waals surface area contributed by atoms with Gasteiger partial charge in [0.1, 0.15) is 5.76 Å². The van der Waals surface area contributed by atoms with Crippen molar-refractivity contribution < 1.29 is 24.2 Å². The number of rotatable bonds is 5. The topological polar surface area (TPSA) is 76.1 Å².